The Morgan fingerprint density at radius 2 is 1.82 bits per heavy atom. The number of benzene rings is 1. The first-order valence-corrected chi connectivity index (χ1v) is 15.1. The van der Waals surface area contributed by atoms with Crippen LogP contribution in [0.15, 0.2) is 43.0 Å². The van der Waals surface area contributed by atoms with Gasteiger partial charge in [0.1, 0.15) is 31.4 Å². The molecule has 4 atom stereocenters. The van der Waals surface area contributed by atoms with E-state index < -0.39 is 31.1 Å². The Bertz CT molecular complexity index is 1310. The first-order chi connectivity index (χ1) is 21.5. The Labute approximate surface area is 256 Å². The van der Waals surface area contributed by atoms with E-state index in [1.807, 2.05) is 6.07 Å². The second-order valence-electron chi connectivity index (χ2n) is 10.4. The lowest BCUT2D eigenvalue weighted by Gasteiger charge is -2.22. The van der Waals surface area contributed by atoms with Crippen molar-refractivity contribution in [3.8, 4) is 0 Å². The third kappa shape index (κ3) is 9.24. The molecule has 0 bridgehead atoms. The highest BCUT2D eigenvalue weighted by atomic mass is 16.7. The van der Waals surface area contributed by atoms with Crippen LogP contribution in [0, 0.1) is 0 Å². The Kier molecular flexibility index (Phi) is 13.4. The van der Waals surface area contributed by atoms with Crippen molar-refractivity contribution >= 4 is 28.8 Å². The molecular formula is C30H42N6O8. The van der Waals surface area contributed by atoms with E-state index in [0.29, 0.717) is 42.9 Å². The number of hydrogen-bond acceptors (Lipinski definition) is 11. The molecule has 240 valence electrons. The highest BCUT2D eigenvalue weighted by Gasteiger charge is 2.46. The van der Waals surface area contributed by atoms with Crippen molar-refractivity contribution in [2.45, 2.75) is 70.0 Å². The molecule has 44 heavy (non-hydrogen) atoms. The number of aliphatic hydroxyl groups is 2. The zero-order chi connectivity index (χ0) is 31.1. The summed E-state index contributed by atoms with van der Waals surface area (Å²) in [6, 6.07) is 8.70. The van der Waals surface area contributed by atoms with Crippen molar-refractivity contribution in [2.24, 2.45) is 0 Å². The Balaban J connectivity index is 1.23. The molecule has 1 aliphatic rings. The predicted octanol–water partition coefficient (Wildman–Crippen LogP) is 2.18. The Hall–Kier alpha value is -3.53. The topological polar surface area (TPSA) is 179 Å². The van der Waals surface area contributed by atoms with Gasteiger partial charge in [-0.1, -0.05) is 50.8 Å². The third-order valence-corrected chi connectivity index (χ3v) is 7.19. The SMILES string of the molecule is CCCCCCCC(=O)NCCOCCOCOC1C(O)[C@@H](CO)O[C@H]1n1cnc2c(NC(=O)c3ccccc3)ncnc21. The molecule has 1 aliphatic heterocycles. The van der Waals surface area contributed by atoms with Crippen LogP contribution in [-0.4, -0.2) is 99.6 Å². The summed E-state index contributed by atoms with van der Waals surface area (Å²) in [6.45, 7) is 2.89. The van der Waals surface area contributed by atoms with Crippen molar-refractivity contribution in [3.05, 3.63) is 48.5 Å². The first kappa shape index (κ1) is 33.4. The molecule has 3 heterocycles. The fourth-order valence-electron chi connectivity index (χ4n) is 4.82. The number of amides is 2. The summed E-state index contributed by atoms with van der Waals surface area (Å²) < 4.78 is 24.3. The number of ether oxygens (including phenoxy) is 4. The molecule has 3 aromatic rings. The van der Waals surface area contributed by atoms with E-state index in [4.69, 9.17) is 18.9 Å². The van der Waals surface area contributed by atoms with Crippen molar-refractivity contribution in [1.82, 2.24) is 24.8 Å². The largest absolute Gasteiger partial charge is 0.394 e. The van der Waals surface area contributed by atoms with Crippen LogP contribution in [0.1, 0.15) is 62.0 Å². The quantitative estimate of drug-likeness (QED) is 0.115. The van der Waals surface area contributed by atoms with E-state index in [1.54, 1.807) is 28.8 Å². The maximum Gasteiger partial charge on any atom is 0.256 e. The van der Waals surface area contributed by atoms with E-state index in [9.17, 15) is 19.8 Å². The van der Waals surface area contributed by atoms with Crippen molar-refractivity contribution in [2.75, 3.05) is 45.1 Å². The van der Waals surface area contributed by atoms with E-state index in [1.165, 1.54) is 31.9 Å². The average molecular weight is 615 g/mol. The number of aliphatic hydroxyl groups excluding tert-OH is 2. The molecule has 14 nitrogen and oxygen atoms in total. The molecule has 0 aliphatic carbocycles. The van der Waals surface area contributed by atoms with Gasteiger partial charge in [0.25, 0.3) is 5.91 Å². The summed E-state index contributed by atoms with van der Waals surface area (Å²) in [7, 11) is 0. The van der Waals surface area contributed by atoms with Gasteiger partial charge in [0.05, 0.1) is 32.8 Å². The molecule has 1 fully saturated rings. The number of imidazole rings is 1. The fourth-order valence-corrected chi connectivity index (χ4v) is 4.82. The number of carbonyl (C=O) groups is 2. The molecule has 1 saturated heterocycles. The van der Waals surface area contributed by atoms with Gasteiger partial charge < -0.3 is 39.8 Å². The van der Waals surface area contributed by atoms with Gasteiger partial charge in [0.2, 0.25) is 5.91 Å². The molecule has 2 aromatic heterocycles. The minimum atomic E-state index is -1.16. The lowest BCUT2D eigenvalue weighted by atomic mass is 10.1. The summed E-state index contributed by atoms with van der Waals surface area (Å²) >= 11 is 0. The minimum absolute atomic E-state index is 0.0353. The second kappa shape index (κ2) is 17.7. The monoisotopic (exact) mass is 614 g/mol. The molecule has 0 saturated carbocycles. The van der Waals surface area contributed by atoms with E-state index in [-0.39, 0.29) is 31.0 Å². The van der Waals surface area contributed by atoms with Crippen LogP contribution in [0.25, 0.3) is 11.2 Å². The van der Waals surface area contributed by atoms with Crippen LogP contribution in [0.3, 0.4) is 0 Å². The smallest absolute Gasteiger partial charge is 0.256 e. The van der Waals surface area contributed by atoms with Crippen LogP contribution in [0.2, 0.25) is 0 Å². The summed E-state index contributed by atoms with van der Waals surface area (Å²) in [4.78, 5) is 37.4. The highest BCUT2D eigenvalue weighted by molar-refractivity contribution is 6.06. The van der Waals surface area contributed by atoms with Crippen LogP contribution in [-0.2, 0) is 23.7 Å². The van der Waals surface area contributed by atoms with E-state index in [2.05, 4.69) is 32.5 Å². The highest BCUT2D eigenvalue weighted by Crippen LogP contribution is 2.34. The fraction of sp³-hybridized carbons (Fsp3) is 0.567. The van der Waals surface area contributed by atoms with Gasteiger partial charge in [-0.25, -0.2) is 15.0 Å². The molecule has 0 spiro atoms. The number of unbranched alkanes of at least 4 members (excludes halogenated alkanes) is 4. The van der Waals surface area contributed by atoms with Gasteiger partial charge in [0, 0.05) is 18.5 Å². The van der Waals surface area contributed by atoms with Crippen molar-refractivity contribution < 1.29 is 38.7 Å². The van der Waals surface area contributed by atoms with Gasteiger partial charge >= 0.3 is 0 Å². The van der Waals surface area contributed by atoms with E-state index >= 15 is 0 Å². The number of hydrogen-bond donors (Lipinski definition) is 4. The molecular weight excluding hydrogens is 572 g/mol. The summed E-state index contributed by atoms with van der Waals surface area (Å²) in [5.74, 6) is -0.107. The van der Waals surface area contributed by atoms with Crippen molar-refractivity contribution in [3.63, 3.8) is 0 Å². The maximum absolute atomic E-state index is 12.7. The first-order valence-electron chi connectivity index (χ1n) is 15.1. The van der Waals surface area contributed by atoms with Gasteiger partial charge in [-0.2, -0.15) is 0 Å². The minimum Gasteiger partial charge on any atom is -0.394 e. The average Bonchev–Trinajstić information content (AvgIpc) is 3.61. The molecule has 0 radical (unpaired) electrons. The maximum atomic E-state index is 12.7. The standard InChI is InChI=1S/C30H42N6O8/c1-2-3-4-5-9-12-23(38)31-13-14-41-15-16-42-20-43-26-25(39)22(17-37)44-30(26)36-19-34-24-27(32-18-33-28(24)36)35-29(40)21-10-7-6-8-11-21/h6-8,10-11,18-19,22,25-26,30,37,39H,2-5,9,12-17,20H2,1H3,(H,31,38)(H,32,33,35,40)/t22-,25?,26?,30-/m1/s1. The van der Waals surface area contributed by atoms with Crippen LogP contribution in [0.4, 0.5) is 5.82 Å². The van der Waals surface area contributed by atoms with Gasteiger partial charge in [-0.05, 0) is 18.6 Å². The molecule has 4 rings (SSSR count). The zero-order valence-electron chi connectivity index (χ0n) is 25.0. The van der Waals surface area contributed by atoms with E-state index in [0.717, 1.165) is 12.8 Å². The Morgan fingerprint density at radius 3 is 2.61 bits per heavy atom. The number of aromatic nitrogens is 4. The van der Waals surface area contributed by atoms with Crippen LogP contribution >= 0.6 is 0 Å². The number of anilines is 1. The van der Waals surface area contributed by atoms with Gasteiger partial charge in [0.15, 0.2) is 23.2 Å². The van der Waals surface area contributed by atoms with Crippen LogP contribution in [0.5, 0.6) is 0 Å². The summed E-state index contributed by atoms with van der Waals surface area (Å²) in [5.41, 5.74) is 1.11. The summed E-state index contributed by atoms with van der Waals surface area (Å²) in [6.07, 6.45) is 4.93. The normalized spacial score (nSPS) is 19.8. The number of carbonyl (C=O) groups excluding carboxylic acids is 2. The number of rotatable bonds is 19. The lowest BCUT2D eigenvalue weighted by molar-refractivity contribution is -0.143. The predicted molar refractivity (Wildman–Crippen MR) is 160 cm³/mol. The van der Waals surface area contributed by atoms with Crippen molar-refractivity contribution in [1.29, 1.82) is 0 Å². The number of nitrogens with one attached hydrogen (secondary N) is 2. The van der Waals surface area contributed by atoms with Gasteiger partial charge in [-0.3, -0.25) is 14.2 Å². The molecule has 1 aromatic carbocycles. The van der Waals surface area contributed by atoms with Crippen LogP contribution < -0.4 is 10.6 Å². The zero-order valence-corrected chi connectivity index (χ0v) is 25.0. The Morgan fingerprint density at radius 1 is 1.02 bits per heavy atom. The third-order valence-electron chi connectivity index (χ3n) is 7.19. The summed E-state index contributed by atoms with van der Waals surface area (Å²) in [5, 5.41) is 26.1. The number of fused-ring (bicyclic) bond motifs is 1. The lowest BCUT2D eigenvalue weighted by Crippen LogP contribution is -2.36. The second-order valence-corrected chi connectivity index (χ2v) is 10.4. The molecule has 14 heteroatoms. The molecule has 2 amide bonds. The van der Waals surface area contributed by atoms with Gasteiger partial charge in [-0.15, -0.1) is 0 Å². The molecule has 4 N–H and O–H groups in total. The number of nitrogens with zero attached hydrogens (tertiary/aromatic N) is 4. The molecule has 2 unspecified atom stereocenters.